The third-order valence-corrected chi connectivity index (χ3v) is 4.00. The number of unbranched alkanes of at least 4 members (excludes halogenated alkanes) is 1. The fourth-order valence-electron chi connectivity index (χ4n) is 1.87. The summed E-state index contributed by atoms with van der Waals surface area (Å²) in [7, 11) is 1.99. The second-order valence-electron chi connectivity index (χ2n) is 4.68. The van der Waals surface area contributed by atoms with Gasteiger partial charge in [-0.15, -0.1) is 0 Å². The molecule has 4 nitrogen and oxygen atoms in total. The van der Waals surface area contributed by atoms with Crippen LogP contribution in [0.25, 0.3) is 0 Å². The summed E-state index contributed by atoms with van der Waals surface area (Å²) < 4.78 is 8.62. The fourth-order valence-corrected chi connectivity index (χ4v) is 2.62. The number of rotatable bonds is 10. The number of ether oxygens (including phenoxy) is 1. The van der Waals surface area contributed by atoms with Gasteiger partial charge in [0.15, 0.2) is 0 Å². The van der Waals surface area contributed by atoms with Gasteiger partial charge < -0.3 is 10.1 Å². The van der Waals surface area contributed by atoms with Crippen LogP contribution in [0.15, 0.2) is 4.47 Å². The summed E-state index contributed by atoms with van der Waals surface area (Å²) in [6.07, 6.45) is 4.38. The van der Waals surface area contributed by atoms with Crippen LogP contribution in [0.4, 0.5) is 0 Å². The molecule has 0 aliphatic heterocycles. The van der Waals surface area contributed by atoms with Gasteiger partial charge in [-0.2, -0.15) is 5.10 Å². The van der Waals surface area contributed by atoms with E-state index >= 15 is 0 Å². The topological polar surface area (TPSA) is 39.1 Å². The van der Waals surface area contributed by atoms with Crippen LogP contribution in [0.3, 0.4) is 0 Å². The Hall–Kier alpha value is -0.390. The quantitative estimate of drug-likeness (QED) is 0.670. The van der Waals surface area contributed by atoms with E-state index in [0.717, 1.165) is 55.7 Å². The second kappa shape index (κ2) is 9.50. The van der Waals surface area contributed by atoms with Gasteiger partial charge >= 0.3 is 0 Å². The molecule has 0 amide bonds. The van der Waals surface area contributed by atoms with Crippen molar-refractivity contribution < 1.29 is 4.74 Å². The first-order chi connectivity index (χ1) is 9.20. The largest absolute Gasteiger partial charge is 0.381 e. The highest BCUT2D eigenvalue weighted by molar-refractivity contribution is 9.10. The van der Waals surface area contributed by atoms with Crippen LogP contribution in [-0.4, -0.2) is 29.5 Å². The average Bonchev–Trinajstić information content (AvgIpc) is 2.68. The Morgan fingerprint density at radius 1 is 1.26 bits per heavy atom. The lowest BCUT2D eigenvalue weighted by Crippen LogP contribution is -2.18. The minimum absolute atomic E-state index is 0.846. The Bertz CT molecular complexity index is 366. The molecule has 0 aromatic carbocycles. The number of aromatic nitrogens is 2. The van der Waals surface area contributed by atoms with Crippen molar-refractivity contribution in [3.05, 3.63) is 15.9 Å². The number of halogens is 1. The maximum Gasteiger partial charge on any atom is 0.0767 e. The third kappa shape index (κ3) is 5.63. The number of nitrogens with one attached hydrogen (secondary N) is 1. The molecule has 1 aromatic heterocycles. The van der Waals surface area contributed by atoms with E-state index in [0.29, 0.717) is 0 Å². The van der Waals surface area contributed by atoms with Gasteiger partial charge in [-0.3, -0.25) is 4.68 Å². The Kier molecular flexibility index (Phi) is 8.34. The zero-order valence-corrected chi connectivity index (χ0v) is 13.9. The first-order valence-corrected chi connectivity index (χ1v) is 7.98. The summed E-state index contributed by atoms with van der Waals surface area (Å²) in [5, 5.41) is 7.92. The maximum atomic E-state index is 5.53. The molecule has 5 heteroatoms. The molecule has 19 heavy (non-hydrogen) atoms. The predicted molar refractivity (Wildman–Crippen MR) is 82.3 cm³/mol. The van der Waals surface area contributed by atoms with Crippen molar-refractivity contribution in [1.82, 2.24) is 15.1 Å². The predicted octanol–water partition coefficient (Wildman–Crippen LogP) is 3.04. The molecule has 0 saturated heterocycles. The normalized spacial score (nSPS) is 11.2. The molecule has 0 unspecified atom stereocenters. The molecule has 0 aliphatic rings. The summed E-state index contributed by atoms with van der Waals surface area (Å²) in [6.45, 7) is 7.87. The van der Waals surface area contributed by atoms with Gasteiger partial charge in [0, 0.05) is 26.8 Å². The lowest BCUT2D eigenvalue weighted by atomic mass is 10.3. The molecule has 0 saturated carbocycles. The second-order valence-corrected chi connectivity index (χ2v) is 5.47. The van der Waals surface area contributed by atoms with Crippen LogP contribution in [0.5, 0.6) is 0 Å². The molecule has 1 rings (SSSR count). The minimum Gasteiger partial charge on any atom is -0.381 e. The molecule has 1 heterocycles. The summed E-state index contributed by atoms with van der Waals surface area (Å²) in [5.41, 5.74) is 2.34. The van der Waals surface area contributed by atoms with Gasteiger partial charge in [-0.1, -0.05) is 20.3 Å². The van der Waals surface area contributed by atoms with Gasteiger partial charge in [-0.05, 0) is 41.7 Å². The van der Waals surface area contributed by atoms with E-state index in [1.807, 2.05) is 11.7 Å². The van der Waals surface area contributed by atoms with Crippen LogP contribution in [-0.2, 0) is 24.8 Å². The monoisotopic (exact) mass is 331 g/mol. The fraction of sp³-hybridized carbons (Fsp3) is 0.786. The Morgan fingerprint density at radius 2 is 2.00 bits per heavy atom. The van der Waals surface area contributed by atoms with Gasteiger partial charge in [0.05, 0.1) is 15.9 Å². The molecular weight excluding hydrogens is 306 g/mol. The maximum absolute atomic E-state index is 5.53. The highest BCUT2D eigenvalue weighted by Gasteiger charge is 2.11. The number of hydrogen-bond acceptors (Lipinski definition) is 3. The summed E-state index contributed by atoms with van der Waals surface area (Å²) in [4.78, 5) is 0. The SMILES string of the molecule is CCCCOCCCNCc1c(Br)c(CC)nn1C. The van der Waals surface area contributed by atoms with Gasteiger partial charge in [0.25, 0.3) is 0 Å². The Morgan fingerprint density at radius 3 is 2.63 bits per heavy atom. The van der Waals surface area contributed by atoms with Crippen LogP contribution < -0.4 is 5.32 Å². The van der Waals surface area contributed by atoms with Crippen molar-refractivity contribution >= 4 is 15.9 Å². The molecule has 0 spiro atoms. The Labute approximate surface area is 125 Å². The zero-order valence-electron chi connectivity index (χ0n) is 12.3. The highest BCUT2D eigenvalue weighted by atomic mass is 79.9. The van der Waals surface area contributed by atoms with Crippen molar-refractivity contribution in [2.75, 3.05) is 19.8 Å². The third-order valence-electron chi connectivity index (χ3n) is 3.08. The van der Waals surface area contributed by atoms with E-state index in [2.05, 4.69) is 40.2 Å². The number of hydrogen-bond donors (Lipinski definition) is 1. The van der Waals surface area contributed by atoms with E-state index in [4.69, 9.17) is 4.74 Å². The number of nitrogens with zero attached hydrogens (tertiary/aromatic N) is 2. The molecule has 110 valence electrons. The molecule has 0 aliphatic carbocycles. The molecule has 0 atom stereocenters. The first-order valence-electron chi connectivity index (χ1n) is 7.19. The summed E-state index contributed by atoms with van der Waals surface area (Å²) >= 11 is 3.63. The molecule has 0 fully saturated rings. The van der Waals surface area contributed by atoms with Gasteiger partial charge in [-0.25, -0.2) is 0 Å². The minimum atomic E-state index is 0.846. The lowest BCUT2D eigenvalue weighted by Gasteiger charge is -2.06. The molecule has 1 N–H and O–H groups in total. The van der Waals surface area contributed by atoms with Crippen molar-refractivity contribution in [2.45, 2.75) is 46.1 Å². The zero-order chi connectivity index (χ0) is 14.1. The van der Waals surface area contributed by atoms with E-state index < -0.39 is 0 Å². The van der Waals surface area contributed by atoms with Gasteiger partial charge in [0.1, 0.15) is 0 Å². The molecule has 1 aromatic rings. The van der Waals surface area contributed by atoms with E-state index in [1.165, 1.54) is 12.1 Å². The van der Waals surface area contributed by atoms with Crippen LogP contribution in [0, 0.1) is 0 Å². The highest BCUT2D eigenvalue weighted by Crippen LogP contribution is 2.21. The van der Waals surface area contributed by atoms with Crippen molar-refractivity contribution in [2.24, 2.45) is 7.05 Å². The van der Waals surface area contributed by atoms with E-state index in [1.54, 1.807) is 0 Å². The van der Waals surface area contributed by atoms with Crippen molar-refractivity contribution in [3.8, 4) is 0 Å². The molecule has 0 bridgehead atoms. The van der Waals surface area contributed by atoms with Crippen LogP contribution >= 0.6 is 15.9 Å². The lowest BCUT2D eigenvalue weighted by molar-refractivity contribution is 0.128. The van der Waals surface area contributed by atoms with Gasteiger partial charge in [0.2, 0.25) is 0 Å². The Balaban J connectivity index is 2.17. The molecule has 0 radical (unpaired) electrons. The average molecular weight is 332 g/mol. The number of aryl methyl sites for hydroxylation is 2. The summed E-state index contributed by atoms with van der Waals surface area (Å²) in [6, 6.07) is 0. The van der Waals surface area contributed by atoms with Crippen molar-refractivity contribution in [3.63, 3.8) is 0 Å². The standard InChI is InChI=1S/C14H26BrN3O/c1-4-6-9-19-10-7-8-16-11-13-14(15)12(5-2)17-18(13)3/h16H,4-11H2,1-3H3. The van der Waals surface area contributed by atoms with Crippen molar-refractivity contribution in [1.29, 1.82) is 0 Å². The van der Waals surface area contributed by atoms with E-state index in [9.17, 15) is 0 Å². The van der Waals surface area contributed by atoms with E-state index in [-0.39, 0.29) is 0 Å². The van der Waals surface area contributed by atoms with Crippen LogP contribution in [0.1, 0.15) is 44.5 Å². The first kappa shape index (κ1) is 16.7. The molecular formula is C14H26BrN3O. The summed E-state index contributed by atoms with van der Waals surface area (Å²) in [5.74, 6) is 0. The van der Waals surface area contributed by atoms with Crippen LogP contribution in [0.2, 0.25) is 0 Å². The smallest absolute Gasteiger partial charge is 0.0767 e.